The Morgan fingerprint density at radius 2 is 1.67 bits per heavy atom. The van der Waals surface area contributed by atoms with E-state index in [9.17, 15) is 0 Å². The van der Waals surface area contributed by atoms with Crippen LogP contribution in [0, 0.1) is 0 Å². The van der Waals surface area contributed by atoms with Gasteiger partial charge < -0.3 is 10.1 Å². The summed E-state index contributed by atoms with van der Waals surface area (Å²) in [6.07, 6.45) is 2.12. The topological polar surface area (TPSA) is 21.3 Å². The molecule has 0 aliphatic heterocycles. The van der Waals surface area contributed by atoms with Crippen molar-refractivity contribution >= 4 is 0 Å². The van der Waals surface area contributed by atoms with E-state index in [1.165, 1.54) is 16.7 Å². The molecule has 0 heterocycles. The summed E-state index contributed by atoms with van der Waals surface area (Å²) in [5.41, 5.74) is 3.89. The quantitative estimate of drug-likeness (QED) is 0.740. The molecule has 2 rings (SSSR count). The van der Waals surface area contributed by atoms with Crippen molar-refractivity contribution in [3.05, 3.63) is 65.2 Å². The van der Waals surface area contributed by atoms with E-state index in [-0.39, 0.29) is 0 Å². The van der Waals surface area contributed by atoms with Gasteiger partial charge in [-0.2, -0.15) is 0 Å². The fraction of sp³-hybridized carbons (Fsp3) is 0.368. The lowest BCUT2D eigenvalue weighted by atomic mass is 10.1. The van der Waals surface area contributed by atoms with E-state index in [0.29, 0.717) is 6.61 Å². The van der Waals surface area contributed by atoms with Gasteiger partial charge in [0.25, 0.3) is 0 Å². The molecule has 0 aromatic heterocycles. The molecule has 0 saturated carbocycles. The van der Waals surface area contributed by atoms with E-state index in [1.807, 2.05) is 6.07 Å². The van der Waals surface area contributed by atoms with Crippen LogP contribution >= 0.6 is 0 Å². The van der Waals surface area contributed by atoms with E-state index in [2.05, 4.69) is 61.6 Å². The number of hydrogen-bond donors (Lipinski definition) is 1. The smallest absolute Gasteiger partial charge is 0.120 e. The van der Waals surface area contributed by atoms with Gasteiger partial charge in [-0.25, -0.2) is 0 Å². The summed E-state index contributed by atoms with van der Waals surface area (Å²) in [5, 5.41) is 3.34. The third kappa shape index (κ3) is 5.24. The van der Waals surface area contributed by atoms with Crippen LogP contribution in [0.25, 0.3) is 0 Å². The van der Waals surface area contributed by atoms with Crippen molar-refractivity contribution in [3.63, 3.8) is 0 Å². The largest absolute Gasteiger partial charge is 0.489 e. The molecule has 0 unspecified atom stereocenters. The highest BCUT2D eigenvalue weighted by Gasteiger charge is 1.98. The van der Waals surface area contributed by atoms with Gasteiger partial charge >= 0.3 is 0 Å². The number of likely N-dealkylation sites (N-methyl/N-ethyl adjacent to an activating group) is 1. The van der Waals surface area contributed by atoms with Crippen LogP contribution in [0.15, 0.2) is 48.5 Å². The molecule has 0 amide bonds. The van der Waals surface area contributed by atoms with E-state index in [1.54, 1.807) is 0 Å². The van der Waals surface area contributed by atoms with Gasteiger partial charge in [-0.05, 0) is 54.8 Å². The third-order valence-corrected chi connectivity index (χ3v) is 3.58. The Morgan fingerprint density at radius 1 is 0.905 bits per heavy atom. The molecule has 2 nitrogen and oxygen atoms in total. The fourth-order valence-corrected chi connectivity index (χ4v) is 2.23. The summed E-state index contributed by atoms with van der Waals surface area (Å²) < 4.78 is 5.86. The Kier molecular flexibility index (Phi) is 6.29. The SMILES string of the molecule is CCNCCc1ccc(COc2cccc(CC)c2)cc1. The summed E-state index contributed by atoms with van der Waals surface area (Å²) in [6, 6.07) is 17.0. The molecular formula is C19H25NO. The van der Waals surface area contributed by atoms with E-state index >= 15 is 0 Å². The van der Waals surface area contributed by atoms with Crippen LogP contribution in [0.5, 0.6) is 5.75 Å². The summed E-state index contributed by atoms with van der Waals surface area (Å²) in [4.78, 5) is 0. The molecule has 2 aromatic carbocycles. The predicted octanol–water partition coefficient (Wildman–Crippen LogP) is 3.98. The molecule has 0 saturated heterocycles. The molecule has 0 aliphatic carbocycles. The van der Waals surface area contributed by atoms with Gasteiger partial charge in [-0.3, -0.25) is 0 Å². The maximum Gasteiger partial charge on any atom is 0.120 e. The molecule has 0 radical (unpaired) electrons. The van der Waals surface area contributed by atoms with Gasteiger partial charge in [0.2, 0.25) is 0 Å². The van der Waals surface area contributed by atoms with Crippen molar-refractivity contribution in [1.82, 2.24) is 5.32 Å². The standard InChI is InChI=1S/C19H25NO/c1-3-16-6-5-7-19(14-16)21-15-18-10-8-17(9-11-18)12-13-20-4-2/h5-11,14,20H,3-4,12-13,15H2,1-2H3. The average Bonchev–Trinajstić information content (AvgIpc) is 2.54. The van der Waals surface area contributed by atoms with Crippen molar-refractivity contribution in [2.45, 2.75) is 33.3 Å². The Bertz CT molecular complexity index is 534. The van der Waals surface area contributed by atoms with Crippen molar-refractivity contribution in [2.75, 3.05) is 13.1 Å². The summed E-state index contributed by atoms with van der Waals surface area (Å²) in [5.74, 6) is 0.950. The highest BCUT2D eigenvalue weighted by atomic mass is 16.5. The number of ether oxygens (including phenoxy) is 1. The molecule has 0 aliphatic rings. The van der Waals surface area contributed by atoms with E-state index < -0.39 is 0 Å². The van der Waals surface area contributed by atoms with Gasteiger partial charge in [0.05, 0.1) is 0 Å². The highest BCUT2D eigenvalue weighted by Crippen LogP contribution is 2.16. The van der Waals surface area contributed by atoms with Crippen LogP contribution in [0.1, 0.15) is 30.5 Å². The second-order valence-electron chi connectivity index (χ2n) is 5.21. The molecule has 0 spiro atoms. The van der Waals surface area contributed by atoms with Crippen LogP contribution in [0.2, 0.25) is 0 Å². The van der Waals surface area contributed by atoms with Crippen molar-refractivity contribution in [2.24, 2.45) is 0 Å². The molecule has 1 N–H and O–H groups in total. The normalized spacial score (nSPS) is 10.6. The number of hydrogen-bond acceptors (Lipinski definition) is 2. The van der Waals surface area contributed by atoms with Crippen molar-refractivity contribution < 1.29 is 4.74 Å². The molecule has 21 heavy (non-hydrogen) atoms. The zero-order valence-electron chi connectivity index (χ0n) is 13.1. The maximum absolute atomic E-state index is 5.86. The first-order valence-electron chi connectivity index (χ1n) is 7.82. The van der Waals surface area contributed by atoms with Crippen LogP contribution < -0.4 is 10.1 Å². The van der Waals surface area contributed by atoms with Crippen LogP contribution in [-0.2, 0) is 19.4 Å². The van der Waals surface area contributed by atoms with E-state index in [4.69, 9.17) is 4.74 Å². The summed E-state index contributed by atoms with van der Waals surface area (Å²) in [6.45, 7) is 6.98. The van der Waals surface area contributed by atoms with Crippen molar-refractivity contribution in [1.29, 1.82) is 0 Å². The number of benzene rings is 2. The second-order valence-corrected chi connectivity index (χ2v) is 5.21. The van der Waals surface area contributed by atoms with Gasteiger partial charge in [-0.15, -0.1) is 0 Å². The molecule has 2 heteroatoms. The minimum atomic E-state index is 0.626. The first kappa shape index (κ1) is 15.6. The predicted molar refractivity (Wildman–Crippen MR) is 88.8 cm³/mol. The molecule has 0 bridgehead atoms. The lowest BCUT2D eigenvalue weighted by Gasteiger charge is -2.08. The van der Waals surface area contributed by atoms with Crippen molar-refractivity contribution in [3.8, 4) is 5.75 Å². The number of rotatable bonds is 8. The lowest BCUT2D eigenvalue weighted by molar-refractivity contribution is 0.306. The highest BCUT2D eigenvalue weighted by molar-refractivity contribution is 5.29. The zero-order chi connectivity index (χ0) is 14.9. The summed E-state index contributed by atoms with van der Waals surface area (Å²) >= 11 is 0. The Labute approximate surface area is 128 Å². The molecule has 112 valence electrons. The molecule has 0 atom stereocenters. The third-order valence-electron chi connectivity index (χ3n) is 3.58. The molecular weight excluding hydrogens is 258 g/mol. The van der Waals surface area contributed by atoms with Crippen LogP contribution in [-0.4, -0.2) is 13.1 Å². The maximum atomic E-state index is 5.86. The number of aryl methyl sites for hydroxylation is 1. The first-order chi connectivity index (χ1) is 10.3. The average molecular weight is 283 g/mol. The summed E-state index contributed by atoms with van der Waals surface area (Å²) in [7, 11) is 0. The van der Waals surface area contributed by atoms with Gasteiger partial charge in [-0.1, -0.05) is 50.2 Å². The van der Waals surface area contributed by atoms with Gasteiger partial charge in [0.1, 0.15) is 12.4 Å². The second kappa shape index (κ2) is 8.48. The van der Waals surface area contributed by atoms with Crippen LogP contribution in [0.3, 0.4) is 0 Å². The van der Waals surface area contributed by atoms with Gasteiger partial charge in [0, 0.05) is 0 Å². The molecule has 2 aromatic rings. The van der Waals surface area contributed by atoms with Gasteiger partial charge in [0.15, 0.2) is 0 Å². The monoisotopic (exact) mass is 283 g/mol. The lowest BCUT2D eigenvalue weighted by Crippen LogP contribution is -2.15. The Morgan fingerprint density at radius 3 is 2.38 bits per heavy atom. The Hall–Kier alpha value is -1.80. The van der Waals surface area contributed by atoms with Crippen LogP contribution in [0.4, 0.5) is 0 Å². The van der Waals surface area contributed by atoms with E-state index in [0.717, 1.165) is 31.7 Å². The zero-order valence-corrected chi connectivity index (χ0v) is 13.1. The Balaban J connectivity index is 1.85. The minimum Gasteiger partial charge on any atom is -0.489 e. The minimum absolute atomic E-state index is 0.626. The first-order valence-corrected chi connectivity index (χ1v) is 7.82. The number of nitrogens with one attached hydrogen (secondary N) is 1. The molecule has 0 fully saturated rings. The fourth-order valence-electron chi connectivity index (χ4n) is 2.23.